The molecule has 3 N–H and O–H groups in total. The minimum atomic E-state index is -0.717. The summed E-state index contributed by atoms with van der Waals surface area (Å²) in [4.78, 5) is 25.9. The lowest BCUT2D eigenvalue weighted by atomic mass is 10.0. The van der Waals surface area contributed by atoms with Crippen LogP contribution in [0.15, 0.2) is 45.6 Å². The number of fused-ring (bicyclic) bond motifs is 1. The number of rotatable bonds is 16. The lowest BCUT2D eigenvalue weighted by molar-refractivity contribution is -0.134. The molecule has 0 saturated heterocycles. The van der Waals surface area contributed by atoms with Crippen LogP contribution in [0.4, 0.5) is 0 Å². The molecule has 0 aliphatic rings. The first-order valence-corrected chi connectivity index (χ1v) is 13.9. The maximum absolute atomic E-state index is 13.2. The number of phenolic OH excluding ortho intramolecular Hbond substituents is 3. The van der Waals surface area contributed by atoms with Gasteiger partial charge in [-0.2, -0.15) is 0 Å². The summed E-state index contributed by atoms with van der Waals surface area (Å²) in [6.07, 6.45) is 15.7. The Morgan fingerprint density at radius 1 is 0.763 bits per heavy atom. The Balaban J connectivity index is 1.53. The van der Waals surface area contributed by atoms with Gasteiger partial charge in [-0.25, -0.2) is 0 Å². The first-order valence-electron chi connectivity index (χ1n) is 13.9. The van der Waals surface area contributed by atoms with Gasteiger partial charge in [-0.3, -0.25) is 9.59 Å². The van der Waals surface area contributed by atoms with E-state index in [9.17, 15) is 24.9 Å². The van der Waals surface area contributed by atoms with Gasteiger partial charge in [0.15, 0.2) is 5.76 Å². The van der Waals surface area contributed by atoms with Crippen LogP contribution >= 0.6 is 0 Å². The van der Waals surface area contributed by atoms with Crippen LogP contribution in [-0.2, 0) is 4.79 Å². The van der Waals surface area contributed by atoms with Crippen molar-refractivity contribution < 1.29 is 29.3 Å². The molecule has 7 heteroatoms. The molecule has 0 atom stereocenters. The van der Waals surface area contributed by atoms with Crippen molar-refractivity contribution in [3.8, 4) is 34.3 Å². The molecular weight excluding hydrogens is 484 g/mol. The van der Waals surface area contributed by atoms with Gasteiger partial charge in [0.05, 0.1) is 0 Å². The van der Waals surface area contributed by atoms with E-state index in [-0.39, 0.29) is 40.4 Å². The van der Waals surface area contributed by atoms with Crippen LogP contribution in [0.1, 0.15) is 96.8 Å². The average Bonchev–Trinajstić information content (AvgIpc) is 2.88. The van der Waals surface area contributed by atoms with E-state index in [1.807, 2.05) is 0 Å². The predicted molar refractivity (Wildman–Crippen MR) is 149 cm³/mol. The molecule has 0 saturated carbocycles. The summed E-state index contributed by atoms with van der Waals surface area (Å²) in [5.74, 6) is -1.64. The van der Waals surface area contributed by atoms with Crippen LogP contribution in [-0.4, -0.2) is 21.3 Å². The molecule has 0 radical (unpaired) electrons. The highest BCUT2D eigenvalue weighted by Crippen LogP contribution is 2.36. The molecule has 0 bridgehead atoms. The molecule has 0 spiro atoms. The monoisotopic (exact) mass is 524 g/mol. The van der Waals surface area contributed by atoms with Crippen LogP contribution in [0.5, 0.6) is 23.0 Å². The summed E-state index contributed by atoms with van der Waals surface area (Å²) < 4.78 is 11.3. The summed E-state index contributed by atoms with van der Waals surface area (Å²) >= 11 is 0. The standard InChI is InChI=1S/C31H40O7/c1-2-3-4-5-6-7-8-9-10-11-12-13-14-15-27(35)38-31-29(36)28-25(34)20-24(33)21-26(28)37-30(31)22-16-18-23(32)19-17-22/h16-21,32-34H,2-15H2,1H3. The number of carbonyl (C=O) groups is 1. The first kappa shape index (κ1) is 29.1. The van der Waals surface area contributed by atoms with Crippen molar-refractivity contribution in [2.75, 3.05) is 0 Å². The molecule has 38 heavy (non-hydrogen) atoms. The number of benzene rings is 2. The van der Waals surface area contributed by atoms with Crippen LogP contribution < -0.4 is 10.2 Å². The SMILES string of the molecule is CCCCCCCCCCCCCCCC(=O)Oc1c(-c2ccc(O)cc2)oc2cc(O)cc(O)c2c1=O. The second kappa shape index (κ2) is 15.1. The zero-order valence-electron chi connectivity index (χ0n) is 22.3. The zero-order chi connectivity index (χ0) is 27.3. The topological polar surface area (TPSA) is 117 Å². The number of esters is 1. The van der Waals surface area contributed by atoms with E-state index in [1.165, 1.54) is 88.1 Å². The van der Waals surface area contributed by atoms with Crippen molar-refractivity contribution in [3.05, 3.63) is 46.6 Å². The fraction of sp³-hybridized carbons (Fsp3) is 0.484. The number of carbonyl (C=O) groups excluding carboxylic acids is 1. The highest BCUT2D eigenvalue weighted by Gasteiger charge is 2.23. The summed E-state index contributed by atoms with van der Waals surface area (Å²) in [5, 5.41) is 29.5. The number of ether oxygens (including phenoxy) is 1. The largest absolute Gasteiger partial charge is 0.508 e. The van der Waals surface area contributed by atoms with Gasteiger partial charge in [0.25, 0.3) is 0 Å². The molecule has 7 nitrogen and oxygen atoms in total. The Morgan fingerprint density at radius 2 is 1.32 bits per heavy atom. The number of aromatic hydroxyl groups is 3. The molecule has 3 aromatic rings. The third-order valence-electron chi connectivity index (χ3n) is 6.75. The van der Waals surface area contributed by atoms with Crippen molar-refractivity contribution in [3.63, 3.8) is 0 Å². The van der Waals surface area contributed by atoms with Gasteiger partial charge in [-0.05, 0) is 30.7 Å². The second-order valence-corrected chi connectivity index (χ2v) is 9.94. The summed E-state index contributed by atoms with van der Waals surface area (Å²) in [6.45, 7) is 2.24. The van der Waals surface area contributed by atoms with Crippen molar-refractivity contribution in [2.45, 2.75) is 96.8 Å². The molecule has 0 fully saturated rings. The van der Waals surface area contributed by atoms with E-state index in [2.05, 4.69) is 6.92 Å². The smallest absolute Gasteiger partial charge is 0.311 e. The Labute approximate surface area is 224 Å². The second-order valence-electron chi connectivity index (χ2n) is 9.94. The molecule has 0 aliphatic carbocycles. The number of hydrogen-bond donors (Lipinski definition) is 3. The Bertz CT molecular complexity index is 1230. The van der Waals surface area contributed by atoms with E-state index < -0.39 is 17.1 Å². The summed E-state index contributed by atoms with van der Waals surface area (Å²) in [7, 11) is 0. The van der Waals surface area contributed by atoms with Crippen molar-refractivity contribution in [1.29, 1.82) is 0 Å². The van der Waals surface area contributed by atoms with Crippen LogP contribution in [0.3, 0.4) is 0 Å². The summed E-state index contributed by atoms with van der Waals surface area (Å²) in [5.41, 5.74) is -0.370. The summed E-state index contributed by atoms with van der Waals surface area (Å²) in [6, 6.07) is 8.10. The van der Waals surface area contributed by atoms with Gasteiger partial charge >= 0.3 is 5.97 Å². The third-order valence-corrected chi connectivity index (χ3v) is 6.75. The van der Waals surface area contributed by atoms with E-state index in [4.69, 9.17) is 9.15 Å². The molecule has 0 amide bonds. The van der Waals surface area contributed by atoms with Gasteiger partial charge in [0.1, 0.15) is 28.2 Å². The molecule has 3 rings (SSSR count). The normalized spacial score (nSPS) is 11.2. The molecule has 0 unspecified atom stereocenters. The molecule has 1 aromatic heterocycles. The minimum absolute atomic E-state index is 0.0214. The predicted octanol–water partition coefficient (Wildman–Crippen LogP) is 7.96. The van der Waals surface area contributed by atoms with Gasteiger partial charge in [-0.1, -0.05) is 84.0 Å². The zero-order valence-corrected chi connectivity index (χ0v) is 22.3. The minimum Gasteiger partial charge on any atom is -0.508 e. The Morgan fingerprint density at radius 3 is 1.89 bits per heavy atom. The van der Waals surface area contributed by atoms with Gasteiger partial charge in [0, 0.05) is 24.1 Å². The van der Waals surface area contributed by atoms with Crippen LogP contribution in [0, 0.1) is 0 Å². The van der Waals surface area contributed by atoms with Crippen LogP contribution in [0.25, 0.3) is 22.3 Å². The fourth-order valence-electron chi connectivity index (χ4n) is 4.62. The highest BCUT2D eigenvalue weighted by molar-refractivity contribution is 5.89. The lowest BCUT2D eigenvalue weighted by Crippen LogP contribution is -2.16. The third kappa shape index (κ3) is 8.54. The van der Waals surface area contributed by atoms with E-state index in [1.54, 1.807) is 0 Å². The molecule has 1 heterocycles. The van der Waals surface area contributed by atoms with Crippen molar-refractivity contribution in [1.82, 2.24) is 0 Å². The molecular formula is C31H40O7. The van der Waals surface area contributed by atoms with E-state index in [0.717, 1.165) is 25.3 Å². The molecule has 2 aromatic carbocycles. The maximum Gasteiger partial charge on any atom is 0.311 e. The van der Waals surface area contributed by atoms with Crippen molar-refractivity contribution >= 4 is 16.9 Å². The van der Waals surface area contributed by atoms with Crippen molar-refractivity contribution in [2.24, 2.45) is 0 Å². The van der Waals surface area contributed by atoms with Gasteiger partial charge in [0.2, 0.25) is 11.2 Å². The Hall–Kier alpha value is -3.48. The molecule has 206 valence electrons. The highest BCUT2D eigenvalue weighted by atomic mass is 16.5. The Kier molecular flexibility index (Phi) is 11.5. The lowest BCUT2D eigenvalue weighted by Gasteiger charge is -2.11. The number of phenols is 3. The number of unbranched alkanes of at least 4 members (excludes halogenated alkanes) is 12. The van der Waals surface area contributed by atoms with Gasteiger partial charge < -0.3 is 24.5 Å². The fourth-order valence-corrected chi connectivity index (χ4v) is 4.62. The van der Waals surface area contributed by atoms with Gasteiger partial charge in [-0.15, -0.1) is 0 Å². The number of hydrogen-bond acceptors (Lipinski definition) is 7. The molecule has 0 aliphatic heterocycles. The average molecular weight is 525 g/mol. The van der Waals surface area contributed by atoms with Crippen LogP contribution in [0.2, 0.25) is 0 Å². The van der Waals surface area contributed by atoms with E-state index >= 15 is 0 Å². The van der Waals surface area contributed by atoms with E-state index in [0.29, 0.717) is 12.0 Å². The maximum atomic E-state index is 13.2. The quantitative estimate of drug-likeness (QED) is 0.128. The first-order chi connectivity index (χ1) is 18.4.